The summed E-state index contributed by atoms with van der Waals surface area (Å²) in [4.78, 5) is 4.39. The number of fused-ring (bicyclic) bond motifs is 7. The average Bonchev–Trinajstić information content (AvgIpc) is 3.61. The molecule has 7 rings (SSSR count). The molecule has 1 aliphatic rings. The number of phenolic OH excluding ortho intramolecular Hbond substituents is 3. The molecule has 0 fully saturated rings. The van der Waals surface area contributed by atoms with Crippen molar-refractivity contribution in [1.82, 2.24) is 0 Å². The first-order valence-electron chi connectivity index (χ1n) is 16.2. The maximum absolute atomic E-state index is 11.7. The SMILES string of the molecule is CC(/C=N/C=C\C=C/C=C/C=C/C(=N)c1ccccc1)=C1\COc2c(O)c(O)c(-c3ccc4c5ccccc5c5ccccc5c4c3)c(O)c21. The van der Waals surface area contributed by atoms with Crippen LogP contribution in [0.25, 0.3) is 49.0 Å². The van der Waals surface area contributed by atoms with Crippen molar-refractivity contribution < 1.29 is 20.1 Å². The number of aliphatic imine (C=N–C) groups is 1. The molecule has 0 saturated heterocycles. The molecule has 0 spiro atoms. The lowest BCUT2D eigenvalue weighted by Crippen LogP contribution is -1.93. The fourth-order valence-corrected chi connectivity index (χ4v) is 6.43. The molecule has 6 heteroatoms. The minimum Gasteiger partial charge on any atom is -0.506 e. The monoisotopic (exact) mass is 654 g/mol. The van der Waals surface area contributed by atoms with Crippen LogP contribution in [0.15, 0.2) is 156 Å². The highest BCUT2D eigenvalue weighted by atomic mass is 16.5. The van der Waals surface area contributed by atoms with E-state index < -0.39 is 11.5 Å². The minimum atomic E-state index is -0.438. The van der Waals surface area contributed by atoms with Crippen LogP contribution in [0.4, 0.5) is 0 Å². The van der Waals surface area contributed by atoms with E-state index >= 15 is 0 Å². The third-order valence-electron chi connectivity index (χ3n) is 8.89. The van der Waals surface area contributed by atoms with Crippen LogP contribution in [0.5, 0.6) is 23.0 Å². The van der Waals surface area contributed by atoms with Crippen LogP contribution in [-0.4, -0.2) is 33.9 Å². The van der Waals surface area contributed by atoms with Gasteiger partial charge in [0.05, 0.1) is 16.8 Å². The number of rotatable bonds is 8. The molecule has 0 aromatic heterocycles. The van der Waals surface area contributed by atoms with Gasteiger partial charge in [-0.05, 0) is 74.2 Å². The maximum Gasteiger partial charge on any atom is 0.202 e. The second-order valence-electron chi connectivity index (χ2n) is 12.0. The van der Waals surface area contributed by atoms with Crippen molar-refractivity contribution >= 4 is 49.8 Å². The van der Waals surface area contributed by atoms with Crippen LogP contribution in [0.1, 0.15) is 18.1 Å². The van der Waals surface area contributed by atoms with Crippen LogP contribution in [0, 0.1) is 5.41 Å². The van der Waals surface area contributed by atoms with Crippen LogP contribution in [-0.2, 0) is 0 Å². The first-order chi connectivity index (χ1) is 24.4. The van der Waals surface area contributed by atoms with Gasteiger partial charge in [0.15, 0.2) is 11.5 Å². The van der Waals surface area contributed by atoms with E-state index in [2.05, 4.69) is 29.3 Å². The summed E-state index contributed by atoms with van der Waals surface area (Å²) in [5.41, 5.74) is 3.76. The second-order valence-corrected chi connectivity index (χ2v) is 12.0. The molecular weight excluding hydrogens is 620 g/mol. The van der Waals surface area contributed by atoms with Crippen molar-refractivity contribution in [2.45, 2.75) is 6.92 Å². The smallest absolute Gasteiger partial charge is 0.202 e. The van der Waals surface area contributed by atoms with E-state index in [4.69, 9.17) is 10.1 Å². The van der Waals surface area contributed by atoms with Gasteiger partial charge in [-0.25, -0.2) is 0 Å². The molecule has 0 radical (unpaired) electrons. The molecular formula is C44H34N2O4. The van der Waals surface area contributed by atoms with Crippen LogP contribution in [0.2, 0.25) is 0 Å². The Morgan fingerprint density at radius 3 is 1.90 bits per heavy atom. The van der Waals surface area contributed by atoms with Crippen LogP contribution in [0.3, 0.4) is 0 Å². The van der Waals surface area contributed by atoms with Crippen LogP contribution >= 0.6 is 0 Å². The van der Waals surface area contributed by atoms with Gasteiger partial charge in [0, 0.05) is 18.0 Å². The lowest BCUT2D eigenvalue weighted by Gasteiger charge is -2.16. The van der Waals surface area contributed by atoms with Gasteiger partial charge in [-0.3, -0.25) is 4.99 Å². The Kier molecular flexibility index (Phi) is 8.83. The number of phenols is 3. The molecule has 6 aromatic carbocycles. The Bertz CT molecular complexity index is 2450. The summed E-state index contributed by atoms with van der Waals surface area (Å²) in [6, 6.07) is 31.8. The summed E-state index contributed by atoms with van der Waals surface area (Å²) in [7, 11) is 0. The van der Waals surface area contributed by atoms with Crippen molar-refractivity contribution in [1.29, 1.82) is 5.41 Å². The molecule has 0 amide bonds. The number of allylic oxidation sites excluding steroid dienone is 8. The lowest BCUT2D eigenvalue weighted by molar-refractivity contribution is 0.338. The van der Waals surface area contributed by atoms with Crippen LogP contribution < -0.4 is 4.74 Å². The molecule has 50 heavy (non-hydrogen) atoms. The number of ether oxygens (including phenoxy) is 1. The van der Waals surface area contributed by atoms with E-state index in [-0.39, 0.29) is 23.7 Å². The number of hydrogen-bond acceptors (Lipinski definition) is 6. The molecule has 244 valence electrons. The fourth-order valence-electron chi connectivity index (χ4n) is 6.43. The van der Waals surface area contributed by atoms with E-state index in [9.17, 15) is 15.3 Å². The Morgan fingerprint density at radius 1 is 0.640 bits per heavy atom. The zero-order valence-electron chi connectivity index (χ0n) is 27.3. The molecule has 1 heterocycles. The molecule has 0 aliphatic carbocycles. The molecule has 0 saturated carbocycles. The Balaban J connectivity index is 1.15. The average molecular weight is 655 g/mol. The highest BCUT2D eigenvalue weighted by Gasteiger charge is 2.33. The zero-order chi connectivity index (χ0) is 34.6. The van der Waals surface area contributed by atoms with Crippen molar-refractivity contribution in [3.63, 3.8) is 0 Å². The molecule has 0 unspecified atom stereocenters. The van der Waals surface area contributed by atoms with Crippen molar-refractivity contribution in [3.8, 4) is 34.1 Å². The Hall–Kier alpha value is -6.66. The maximum atomic E-state index is 11.7. The highest BCUT2D eigenvalue weighted by molar-refractivity contribution is 6.25. The van der Waals surface area contributed by atoms with Crippen molar-refractivity contribution in [2.24, 2.45) is 4.99 Å². The zero-order valence-corrected chi connectivity index (χ0v) is 27.3. The van der Waals surface area contributed by atoms with Gasteiger partial charge >= 0.3 is 0 Å². The van der Waals surface area contributed by atoms with Gasteiger partial charge in [0.1, 0.15) is 12.4 Å². The lowest BCUT2D eigenvalue weighted by atomic mass is 9.90. The number of hydrogen-bond donors (Lipinski definition) is 4. The number of nitrogens with one attached hydrogen (secondary N) is 1. The summed E-state index contributed by atoms with van der Waals surface area (Å²) in [6.07, 6.45) is 16.1. The van der Waals surface area contributed by atoms with Gasteiger partial charge in [-0.15, -0.1) is 0 Å². The number of aromatic hydroxyl groups is 3. The first kappa shape index (κ1) is 31.9. The summed E-state index contributed by atoms with van der Waals surface area (Å²) < 4.78 is 5.78. The third kappa shape index (κ3) is 5.95. The fraction of sp³-hybridized carbons (Fsp3) is 0.0455. The van der Waals surface area contributed by atoms with E-state index in [0.29, 0.717) is 22.4 Å². The second kappa shape index (κ2) is 13.8. The highest BCUT2D eigenvalue weighted by Crippen LogP contribution is 2.57. The Morgan fingerprint density at radius 2 is 1.22 bits per heavy atom. The van der Waals surface area contributed by atoms with Gasteiger partial charge in [-0.2, -0.15) is 0 Å². The molecule has 6 nitrogen and oxygen atoms in total. The molecule has 4 N–H and O–H groups in total. The summed E-state index contributed by atoms with van der Waals surface area (Å²) >= 11 is 0. The van der Waals surface area contributed by atoms with Gasteiger partial charge in [-0.1, -0.05) is 121 Å². The Labute approximate surface area is 289 Å². The summed E-state index contributed by atoms with van der Waals surface area (Å²) in [5, 5.41) is 48.5. The predicted octanol–water partition coefficient (Wildman–Crippen LogP) is 10.4. The number of nitrogens with zero attached hydrogens (tertiary/aromatic N) is 1. The first-order valence-corrected chi connectivity index (χ1v) is 16.2. The topological polar surface area (TPSA) is 106 Å². The quantitative estimate of drug-likeness (QED) is 0.0431. The van der Waals surface area contributed by atoms with Crippen molar-refractivity contribution in [2.75, 3.05) is 6.61 Å². The summed E-state index contributed by atoms with van der Waals surface area (Å²) in [5.74, 6) is -0.979. The van der Waals surface area contributed by atoms with Crippen molar-refractivity contribution in [3.05, 3.63) is 162 Å². The predicted molar refractivity (Wildman–Crippen MR) is 206 cm³/mol. The summed E-state index contributed by atoms with van der Waals surface area (Å²) in [6.45, 7) is 1.97. The van der Waals surface area contributed by atoms with E-state index in [1.165, 1.54) is 0 Å². The van der Waals surface area contributed by atoms with E-state index in [1.807, 2.05) is 110 Å². The van der Waals surface area contributed by atoms with Gasteiger partial charge in [0.2, 0.25) is 5.75 Å². The molecule has 0 bridgehead atoms. The molecule has 0 atom stereocenters. The normalized spacial score (nSPS) is 14.3. The largest absolute Gasteiger partial charge is 0.506 e. The van der Waals surface area contributed by atoms with E-state index in [0.717, 1.165) is 43.5 Å². The van der Waals surface area contributed by atoms with Gasteiger partial charge < -0.3 is 25.5 Å². The van der Waals surface area contributed by atoms with Gasteiger partial charge in [0.25, 0.3) is 0 Å². The van der Waals surface area contributed by atoms with E-state index in [1.54, 1.807) is 24.6 Å². The standard InChI is InChI=1S/C44H34N2O4/c1-28(26-46-24-14-5-3-2-4-9-21-38(45)29-15-7-6-8-16-29)37-27-50-44-40(37)41(47)39(42(48)43(44)49)30-22-23-35-33-19-11-10-17-31(33)32-18-12-13-20-34(32)36(35)25-30/h2-26,45,47-49H,27H2,1H3/b4-2+,5-3-,21-9+,24-14-,37-28-,45-38?,46-26+. The molecule has 1 aliphatic heterocycles. The number of benzene rings is 6. The minimum absolute atomic E-state index is 0.0435. The third-order valence-corrected chi connectivity index (χ3v) is 8.89. The molecule has 6 aromatic rings.